The van der Waals surface area contributed by atoms with E-state index < -0.39 is 5.97 Å². The molecule has 1 aromatic carbocycles. The minimum absolute atomic E-state index is 0.178. The van der Waals surface area contributed by atoms with Gasteiger partial charge in [-0.3, -0.25) is 4.68 Å². The topological polar surface area (TPSA) is 73.6 Å². The molecular formula is C15H18N2O4. The Morgan fingerprint density at radius 3 is 2.71 bits per heavy atom. The molecule has 0 aliphatic carbocycles. The third-order valence-electron chi connectivity index (χ3n) is 3.03. The van der Waals surface area contributed by atoms with Gasteiger partial charge in [0, 0.05) is 25.4 Å². The van der Waals surface area contributed by atoms with Gasteiger partial charge in [-0.15, -0.1) is 0 Å². The molecule has 0 fully saturated rings. The van der Waals surface area contributed by atoms with E-state index in [1.54, 1.807) is 16.9 Å². The van der Waals surface area contributed by atoms with Crippen LogP contribution in [0.25, 0.3) is 0 Å². The Hall–Kier alpha value is -2.50. The molecule has 0 bridgehead atoms. The third-order valence-corrected chi connectivity index (χ3v) is 3.03. The molecule has 0 unspecified atom stereocenters. The van der Waals surface area contributed by atoms with Crippen LogP contribution in [0.2, 0.25) is 0 Å². The van der Waals surface area contributed by atoms with Crippen molar-refractivity contribution in [2.24, 2.45) is 7.05 Å². The zero-order valence-corrected chi connectivity index (χ0v) is 12.1. The van der Waals surface area contributed by atoms with E-state index >= 15 is 0 Å². The van der Waals surface area contributed by atoms with Crippen molar-refractivity contribution in [1.29, 1.82) is 0 Å². The molecular weight excluding hydrogens is 272 g/mol. The molecule has 0 aliphatic rings. The Balaban J connectivity index is 2.04. The summed E-state index contributed by atoms with van der Waals surface area (Å²) in [4.78, 5) is 11.0. The first kappa shape index (κ1) is 14.9. The molecule has 1 aromatic heterocycles. The smallest absolute Gasteiger partial charge is 0.335 e. The van der Waals surface area contributed by atoms with Gasteiger partial charge in [-0.05, 0) is 31.2 Å². The fourth-order valence-electron chi connectivity index (χ4n) is 1.94. The van der Waals surface area contributed by atoms with E-state index in [1.165, 1.54) is 12.1 Å². The van der Waals surface area contributed by atoms with Crippen LogP contribution >= 0.6 is 0 Å². The molecule has 6 nitrogen and oxygen atoms in total. The second-order valence-electron chi connectivity index (χ2n) is 4.44. The molecule has 0 aliphatic heterocycles. The molecule has 0 saturated carbocycles. The number of hydrogen-bond acceptors (Lipinski definition) is 4. The maximum atomic E-state index is 11.0. The second kappa shape index (κ2) is 6.78. The number of aromatic nitrogens is 2. The van der Waals surface area contributed by atoms with Crippen molar-refractivity contribution in [3.8, 4) is 11.5 Å². The van der Waals surface area contributed by atoms with Gasteiger partial charge in [-0.1, -0.05) is 0 Å². The monoisotopic (exact) mass is 290 g/mol. The van der Waals surface area contributed by atoms with Gasteiger partial charge in [0.2, 0.25) is 0 Å². The molecule has 0 atom stereocenters. The zero-order chi connectivity index (χ0) is 15.2. The number of aromatic carboxylic acids is 1. The summed E-state index contributed by atoms with van der Waals surface area (Å²) in [6, 6.07) is 6.54. The van der Waals surface area contributed by atoms with E-state index in [2.05, 4.69) is 5.10 Å². The number of rotatable bonds is 7. The quantitative estimate of drug-likeness (QED) is 0.845. The van der Waals surface area contributed by atoms with E-state index in [0.717, 1.165) is 5.69 Å². The van der Waals surface area contributed by atoms with E-state index in [1.807, 2.05) is 20.0 Å². The molecule has 6 heteroatoms. The predicted molar refractivity (Wildman–Crippen MR) is 77.0 cm³/mol. The lowest BCUT2D eigenvalue weighted by molar-refractivity contribution is 0.0696. The van der Waals surface area contributed by atoms with Gasteiger partial charge >= 0.3 is 5.97 Å². The highest BCUT2D eigenvalue weighted by Crippen LogP contribution is 2.28. The van der Waals surface area contributed by atoms with Crippen molar-refractivity contribution in [1.82, 2.24) is 9.78 Å². The van der Waals surface area contributed by atoms with Crippen molar-refractivity contribution in [2.45, 2.75) is 13.3 Å². The van der Waals surface area contributed by atoms with Gasteiger partial charge in [0.1, 0.15) is 0 Å². The normalized spacial score (nSPS) is 10.4. The van der Waals surface area contributed by atoms with Gasteiger partial charge in [0.05, 0.1) is 18.8 Å². The molecule has 2 aromatic rings. The van der Waals surface area contributed by atoms with Gasteiger partial charge in [-0.2, -0.15) is 5.10 Å². The molecule has 0 amide bonds. The third kappa shape index (κ3) is 3.75. The molecule has 0 radical (unpaired) electrons. The number of benzene rings is 1. The van der Waals surface area contributed by atoms with E-state index in [4.69, 9.17) is 14.6 Å². The molecule has 0 saturated heterocycles. The maximum absolute atomic E-state index is 11.0. The summed E-state index contributed by atoms with van der Waals surface area (Å²) >= 11 is 0. The largest absolute Gasteiger partial charge is 0.490 e. The SMILES string of the molecule is CCOc1cc(C(=O)O)ccc1OCCc1ccnn1C. The van der Waals surface area contributed by atoms with Crippen LogP contribution in [-0.2, 0) is 13.5 Å². The van der Waals surface area contributed by atoms with Gasteiger partial charge < -0.3 is 14.6 Å². The summed E-state index contributed by atoms with van der Waals surface area (Å²) in [7, 11) is 1.88. The lowest BCUT2D eigenvalue weighted by Crippen LogP contribution is -2.07. The predicted octanol–water partition coefficient (Wildman–Crippen LogP) is 2.14. The number of aryl methyl sites for hydroxylation is 1. The second-order valence-corrected chi connectivity index (χ2v) is 4.44. The Morgan fingerprint density at radius 2 is 2.10 bits per heavy atom. The first-order chi connectivity index (χ1) is 10.1. The van der Waals surface area contributed by atoms with Crippen LogP contribution < -0.4 is 9.47 Å². The lowest BCUT2D eigenvalue weighted by Gasteiger charge is -2.12. The van der Waals surface area contributed by atoms with E-state index in [0.29, 0.717) is 31.1 Å². The minimum Gasteiger partial charge on any atom is -0.490 e. The van der Waals surface area contributed by atoms with E-state index in [9.17, 15) is 4.79 Å². The average molecular weight is 290 g/mol. The summed E-state index contributed by atoms with van der Waals surface area (Å²) < 4.78 is 12.9. The molecule has 2 rings (SSSR count). The minimum atomic E-state index is -0.989. The molecule has 112 valence electrons. The van der Waals surface area contributed by atoms with Crippen LogP contribution in [0.1, 0.15) is 23.0 Å². The number of carbonyl (C=O) groups is 1. The first-order valence-electron chi connectivity index (χ1n) is 6.71. The van der Waals surface area contributed by atoms with Crippen molar-refractivity contribution < 1.29 is 19.4 Å². The van der Waals surface area contributed by atoms with Crippen LogP contribution in [0.3, 0.4) is 0 Å². The maximum Gasteiger partial charge on any atom is 0.335 e. The Kier molecular flexibility index (Phi) is 4.81. The Morgan fingerprint density at radius 1 is 1.29 bits per heavy atom. The standard InChI is InChI=1S/C15H18N2O4/c1-3-20-14-10-11(15(18)19)4-5-13(14)21-9-7-12-6-8-16-17(12)2/h4-6,8,10H,3,7,9H2,1-2H3,(H,18,19). The molecule has 1 heterocycles. The fraction of sp³-hybridized carbons (Fsp3) is 0.333. The van der Waals surface area contributed by atoms with Gasteiger partial charge in [0.25, 0.3) is 0 Å². The van der Waals surface area contributed by atoms with Crippen molar-refractivity contribution >= 4 is 5.97 Å². The van der Waals surface area contributed by atoms with Crippen molar-refractivity contribution in [2.75, 3.05) is 13.2 Å². The highest BCUT2D eigenvalue weighted by atomic mass is 16.5. The number of hydrogen-bond donors (Lipinski definition) is 1. The Labute approximate surface area is 122 Å². The van der Waals surface area contributed by atoms with Crippen LogP contribution in [-0.4, -0.2) is 34.1 Å². The number of nitrogens with zero attached hydrogens (tertiary/aromatic N) is 2. The summed E-state index contributed by atoms with van der Waals surface area (Å²) in [6.07, 6.45) is 2.45. The number of carboxylic acids is 1. The summed E-state index contributed by atoms with van der Waals surface area (Å²) in [5, 5.41) is 13.1. The molecule has 0 spiro atoms. The van der Waals surface area contributed by atoms with Crippen LogP contribution in [0, 0.1) is 0 Å². The summed E-state index contributed by atoms with van der Waals surface area (Å²) in [5.41, 5.74) is 1.24. The molecule has 21 heavy (non-hydrogen) atoms. The first-order valence-corrected chi connectivity index (χ1v) is 6.71. The number of carboxylic acid groups (broad SMARTS) is 1. The molecule has 1 N–H and O–H groups in total. The summed E-state index contributed by atoms with van der Waals surface area (Å²) in [6.45, 7) is 2.75. The average Bonchev–Trinajstić information content (AvgIpc) is 2.86. The van der Waals surface area contributed by atoms with E-state index in [-0.39, 0.29) is 5.56 Å². The highest BCUT2D eigenvalue weighted by Gasteiger charge is 2.10. The van der Waals surface area contributed by atoms with Gasteiger partial charge in [-0.25, -0.2) is 4.79 Å². The highest BCUT2D eigenvalue weighted by molar-refractivity contribution is 5.88. The van der Waals surface area contributed by atoms with Crippen molar-refractivity contribution in [3.05, 3.63) is 41.7 Å². The van der Waals surface area contributed by atoms with Crippen molar-refractivity contribution in [3.63, 3.8) is 0 Å². The fourth-order valence-corrected chi connectivity index (χ4v) is 1.94. The van der Waals surface area contributed by atoms with Crippen LogP contribution in [0.4, 0.5) is 0 Å². The lowest BCUT2D eigenvalue weighted by atomic mass is 10.2. The van der Waals surface area contributed by atoms with Crippen LogP contribution in [0.15, 0.2) is 30.5 Å². The number of ether oxygens (including phenoxy) is 2. The van der Waals surface area contributed by atoms with Crippen LogP contribution in [0.5, 0.6) is 11.5 Å². The van der Waals surface area contributed by atoms with Gasteiger partial charge in [0.15, 0.2) is 11.5 Å². The Bertz CT molecular complexity index is 622. The zero-order valence-electron chi connectivity index (χ0n) is 12.1. The summed E-state index contributed by atoms with van der Waals surface area (Å²) in [5.74, 6) is 0.00353.